The number of ether oxygens (including phenoxy) is 1. The van der Waals surface area contributed by atoms with E-state index in [1.807, 2.05) is 31.3 Å². The molecule has 3 atom stereocenters. The third-order valence-corrected chi connectivity index (χ3v) is 5.79. The highest BCUT2D eigenvalue weighted by molar-refractivity contribution is 5.80. The number of benzene rings is 2. The SMILES string of the molecule is CCOC(=O)C1C(c2ccccc2)C1c1ccc(-c2cnc(C3CC3)o2)cc1. The van der Waals surface area contributed by atoms with E-state index in [1.165, 1.54) is 18.4 Å². The molecule has 4 heteroatoms. The lowest BCUT2D eigenvalue weighted by molar-refractivity contribution is -0.144. The number of nitrogens with zero attached hydrogens (tertiary/aromatic N) is 1. The van der Waals surface area contributed by atoms with E-state index < -0.39 is 0 Å². The van der Waals surface area contributed by atoms with Gasteiger partial charge in [0.15, 0.2) is 11.7 Å². The zero-order valence-corrected chi connectivity index (χ0v) is 15.9. The first kappa shape index (κ1) is 17.2. The lowest BCUT2D eigenvalue weighted by Gasteiger charge is -2.03. The highest BCUT2D eigenvalue weighted by atomic mass is 16.5. The molecule has 2 fully saturated rings. The third-order valence-electron chi connectivity index (χ3n) is 5.79. The number of carbonyl (C=O) groups is 1. The van der Waals surface area contributed by atoms with E-state index in [-0.39, 0.29) is 23.7 Å². The fourth-order valence-corrected chi connectivity index (χ4v) is 4.16. The topological polar surface area (TPSA) is 52.3 Å². The largest absolute Gasteiger partial charge is 0.466 e. The molecule has 0 aliphatic heterocycles. The number of rotatable bonds is 6. The Hall–Kier alpha value is -2.88. The number of aromatic nitrogens is 1. The van der Waals surface area contributed by atoms with Crippen molar-refractivity contribution in [3.63, 3.8) is 0 Å². The minimum Gasteiger partial charge on any atom is -0.466 e. The van der Waals surface area contributed by atoms with E-state index in [4.69, 9.17) is 9.15 Å². The summed E-state index contributed by atoms with van der Waals surface area (Å²) in [7, 11) is 0. The molecule has 142 valence electrons. The maximum absolute atomic E-state index is 12.5. The van der Waals surface area contributed by atoms with Crippen molar-refractivity contribution in [1.29, 1.82) is 0 Å². The van der Waals surface area contributed by atoms with Crippen molar-refractivity contribution in [3.05, 3.63) is 77.8 Å². The monoisotopic (exact) mass is 373 g/mol. The molecule has 2 saturated carbocycles. The van der Waals surface area contributed by atoms with Crippen LogP contribution < -0.4 is 0 Å². The van der Waals surface area contributed by atoms with Crippen LogP contribution in [0.15, 0.2) is 65.2 Å². The number of esters is 1. The zero-order chi connectivity index (χ0) is 19.1. The molecule has 2 aromatic carbocycles. The lowest BCUT2D eigenvalue weighted by atomic mass is 10.0. The number of hydrogen-bond donors (Lipinski definition) is 0. The lowest BCUT2D eigenvalue weighted by Crippen LogP contribution is -2.08. The van der Waals surface area contributed by atoms with Crippen LogP contribution in [0.5, 0.6) is 0 Å². The fourth-order valence-electron chi connectivity index (χ4n) is 4.16. The molecule has 1 aromatic heterocycles. The van der Waals surface area contributed by atoms with Crippen LogP contribution in [-0.4, -0.2) is 17.6 Å². The molecule has 0 amide bonds. The van der Waals surface area contributed by atoms with Crippen LogP contribution in [0.2, 0.25) is 0 Å². The molecule has 3 unspecified atom stereocenters. The number of hydrogen-bond acceptors (Lipinski definition) is 4. The minimum absolute atomic E-state index is 0.102. The molecule has 2 aliphatic rings. The van der Waals surface area contributed by atoms with Gasteiger partial charge in [-0.05, 0) is 30.9 Å². The molecule has 0 spiro atoms. The van der Waals surface area contributed by atoms with Crippen molar-refractivity contribution < 1.29 is 13.9 Å². The van der Waals surface area contributed by atoms with Gasteiger partial charge in [-0.15, -0.1) is 0 Å². The maximum Gasteiger partial charge on any atom is 0.310 e. The first-order valence-electron chi connectivity index (χ1n) is 10.0. The smallest absolute Gasteiger partial charge is 0.310 e. The highest BCUT2D eigenvalue weighted by Crippen LogP contribution is 2.61. The number of oxazole rings is 1. The molecular formula is C24H23NO3. The molecule has 2 aliphatic carbocycles. The van der Waals surface area contributed by atoms with Gasteiger partial charge in [-0.1, -0.05) is 54.6 Å². The summed E-state index contributed by atoms with van der Waals surface area (Å²) in [5.74, 6) is 2.30. The van der Waals surface area contributed by atoms with Crippen LogP contribution in [0.1, 0.15) is 54.5 Å². The van der Waals surface area contributed by atoms with E-state index >= 15 is 0 Å². The highest BCUT2D eigenvalue weighted by Gasteiger charge is 2.57. The van der Waals surface area contributed by atoms with Crippen molar-refractivity contribution in [2.45, 2.75) is 37.5 Å². The Morgan fingerprint density at radius 2 is 1.71 bits per heavy atom. The van der Waals surface area contributed by atoms with Crippen LogP contribution in [0.3, 0.4) is 0 Å². The van der Waals surface area contributed by atoms with Crippen LogP contribution in [-0.2, 0) is 9.53 Å². The summed E-state index contributed by atoms with van der Waals surface area (Å²) >= 11 is 0. The van der Waals surface area contributed by atoms with Crippen LogP contribution in [0, 0.1) is 5.92 Å². The van der Waals surface area contributed by atoms with Crippen molar-refractivity contribution in [2.24, 2.45) is 5.92 Å². The number of carbonyl (C=O) groups excluding carboxylic acids is 1. The van der Waals surface area contributed by atoms with Crippen molar-refractivity contribution in [3.8, 4) is 11.3 Å². The van der Waals surface area contributed by atoms with Crippen molar-refractivity contribution >= 4 is 5.97 Å². The van der Waals surface area contributed by atoms with Gasteiger partial charge in [-0.2, -0.15) is 0 Å². The third kappa shape index (κ3) is 3.13. The Kier molecular flexibility index (Phi) is 4.27. The quantitative estimate of drug-likeness (QED) is 0.552. The molecule has 0 radical (unpaired) electrons. The van der Waals surface area contributed by atoms with Gasteiger partial charge in [0.25, 0.3) is 0 Å². The Bertz CT molecular complexity index is 973. The average Bonchev–Trinajstić information content (AvgIpc) is 3.66. The van der Waals surface area contributed by atoms with Gasteiger partial charge in [0.05, 0.1) is 18.7 Å². The van der Waals surface area contributed by atoms with Crippen molar-refractivity contribution in [2.75, 3.05) is 6.61 Å². The molecule has 0 saturated heterocycles. The molecule has 1 heterocycles. The van der Waals surface area contributed by atoms with E-state index in [1.54, 1.807) is 0 Å². The Balaban J connectivity index is 1.39. The Morgan fingerprint density at radius 3 is 2.36 bits per heavy atom. The molecule has 4 nitrogen and oxygen atoms in total. The van der Waals surface area contributed by atoms with E-state index in [0.29, 0.717) is 12.5 Å². The van der Waals surface area contributed by atoms with Crippen molar-refractivity contribution in [1.82, 2.24) is 4.98 Å². The summed E-state index contributed by atoms with van der Waals surface area (Å²) in [6.07, 6.45) is 4.17. The second-order valence-electron chi connectivity index (χ2n) is 7.70. The van der Waals surface area contributed by atoms with E-state index in [0.717, 1.165) is 22.8 Å². The normalized spacial score (nSPS) is 23.4. The molecule has 3 aromatic rings. The minimum atomic E-state index is -0.111. The van der Waals surface area contributed by atoms with Gasteiger partial charge in [0.1, 0.15) is 0 Å². The van der Waals surface area contributed by atoms with Gasteiger partial charge in [-0.3, -0.25) is 4.79 Å². The second-order valence-corrected chi connectivity index (χ2v) is 7.70. The maximum atomic E-state index is 12.5. The summed E-state index contributed by atoms with van der Waals surface area (Å²) < 4.78 is 11.2. The van der Waals surface area contributed by atoms with Crippen LogP contribution in [0.4, 0.5) is 0 Å². The van der Waals surface area contributed by atoms with E-state index in [2.05, 4.69) is 41.4 Å². The molecular weight excluding hydrogens is 350 g/mol. The average molecular weight is 373 g/mol. The molecule has 0 N–H and O–H groups in total. The first-order chi connectivity index (χ1) is 13.8. The summed E-state index contributed by atoms with van der Waals surface area (Å²) in [6.45, 7) is 2.27. The summed E-state index contributed by atoms with van der Waals surface area (Å²) in [5.41, 5.74) is 3.38. The molecule has 5 rings (SSSR count). The van der Waals surface area contributed by atoms with Crippen LogP contribution in [0.25, 0.3) is 11.3 Å². The van der Waals surface area contributed by atoms with Gasteiger partial charge >= 0.3 is 5.97 Å². The zero-order valence-electron chi connectivity index (χ0n) is 15.9. The predicted octanol–water partition coefficient (Wildman–Crippen LogP) is 5.28. The standard InChI is InChI=1S/C24H23NO3/c1-2-27-24(26)22-20(16-6-4-3-5-7-16)21(22)17-10-8-15(9-11-17)19-14-25-23(28-19)18-12-13-18/h3-11,14,18,20-22H,2,12-13H2,1H3. The Morgan fingerprint density at radius 1 is 1.04 bits per heavy atom. The van der Waals surface area contributed by atoms with Crippen LogP contribution >= 0.6 is 0 Å². The predicted molar refractivity (Wildman–Crippen MR) is 106 cm³/mol. The molecule has 28 heavy (non-hydrogen) atoms. The van der Waals surface area contributed by atoms with Gasteiger partial charge in [0.2, 0.25) is 0 Å². The summed E-state index contributed by atoms with van der Waals surface area (Å²) in [4.78, 5) is 16.9. The fraction of sp³-hybridized carbons (Fsp3) is 0.333. The van der Waals surface area contributed by atoms with E-state index in [9.17, 15) is 4.79 Å². The second kappa shape index (κ2) is 6.93. The first-order valence-corrected chi connectivity index (χ1v) is 10.0. The summed E-state index contributed by atoms with van der Waals surface area (Å²) in [5, 5.41) is 0. The van der Waals surface area contributed by atoms with Gasteiger partial charge in [0, 0.05) is 23.3 Å². The van der Waals surface area contributed by atoms with Gasteiger partial charge in [-0.25, -0.2) is 4.98 Å². The summed E-state index contributed by atoms with van der Waals surface area (Å²) in [6, 6.07) is 18.6. The molecule has 0 bridgehead atoms. The Labute approximate surface area is 164 Å². The van der Waals surface area contributed by atoms with Gasteiger partial charge < -0.3 is 9.15 Å².